The van der Waals surface area contributed by atoms with Crippen LogP contribution in [0.25, 0.3) is 0 Å². The Morgan fingerprint density at radius 2 is 2.35 bits per heavy atom. The summed E-state index contributed by atoms with van der Waals surface area (Å²) in [5.74, 6) is -0.163. The van der Waals surface area contributed by atoms with Crippen LogP contribution in [-0.4, -0.2) is 40.1 Å². The number of hydrogen-bond donors (Lipinski definition) is 2. The van der Waals surface area contributed by atoms with Crippen molar-refractivity contribution in [1.82, 2.24) is 10.2 Å². The third-order valence-electron chi connectivity index (χ3n) is 3.80. The number of aliphatic carboxylic acids is 1. The molecule has 2 heterocycles. The summed E-state index contributed by atoms with van der Waals surface area (Å²) >= 11 is 0. The highest BCUT2D eigenvalue weighted by Gasteiger charge is 2.46. The van der Waals surface area contributed by atoms with Crippen LogP contribution in [0.15, 0.2) is 22.8 Å². The average molecular weight is 280 g/mol. The molecule has 6 heteroatoms. The van der Waals surface area contributed by atoms with Gasteiger partial charge in [0, 0.05) is 19.0 Å². The lowest BCUT2D eigenvalue weighted by atomic mass is 10.00. The monoisotopic (exact) mass is 280 g/mol. The number of carbonyl (C=O) groups is 2. The van der Waals surface area contributed by atoms with Crippen molar-refractivity contribution < 1.29 is 19.1 Å². The van der Waals surface area contributed by atoms with E-state index in [1.165, 1.54) is 4.90 Å². The number of rotatable bonds is 4. The highest BCUT2D eigenvalue weighted by molar-refractivity contribution is 5.86. The van der Waals surface area contributed by atoms with Gasteiger partial charge in [0.05, 0.1) is 6.26 Å². The van der Waals surface area contributed by atoms with E-state index in [0.29, 0.717) is 25.8 Å². The fourth-order valence-electron chi connectivity index (χ4n) is 2.58. The Hall–Kier alpha value is -1.98. The van der Waals surface area contributed by atoms with Gasteiger partial charge in [0.15, 0.2) is 0 Å². The van der Waals surface area contributed by atoms with Gasteiger partial charge in [-0.05, 0) is 38.8 Å². The molecule has 2 N–H and O–H groups in total. The molecule has 1 aromatic rings. The summed E-state index contributed by atoms with van der Waals surface area (Å²) in [7, 11) is 0. The SMILES string of the molecule is CC(Cc1ccco1)NC(=O)N1CCCC1(C)C(=O)O. The zero-order valence-corrected chi connectivity index (χ0v) is 11.8. The van der Waals surface area contributed by atoms with E-state index in [1.807, 2.05) is 13.0 Å². The zero-order chi connectivity index (χ0) is 14.8. The van der Waals surface area contributed by atoms with E-state index >= 15 is 0 Å². The van der Waals surface area contributed by atoms with Crippen LogP contribution in [-0.2, 0) is 11.2 Å². The van der Waals surface area contributed by atoms with Crippen LogP contribution in [0, 0.1) is 0 Å². The van der Waals surface area contributed by atoms with Crippen molar-refractivity contribution >= 4 is 12.0 Å². The third-order valence-corrected chi connectivity index (χ3v) is 3.80. The molecule has 0 saturated carbocycles. The predicted molar refractivity (Wildman–Crippen MR) is 72.4 cm³/mol. The molecule has 110 valence electrons. The molecule has 1 aliphatic rings. The van der Waals surface area contributed by atoms with E-state index in [0.717, 1.165) is 5.76 Å². The number of carboxylic acids is 1. The average Bonchev–Trinajstić information content (AvgIpc) is 2.98. The molecule has 20 heavy (non-hydrogen) atoms. The number of amides is 2. The van der Waals surface area contributed by atoms with Crippen molar-refractivity contribution in [2.75, 3.05) is 6.54 Å². The summed E-state index contributed by atoms with van der Waals surface area (Å²) < 4.78 is 5.23. The summed E-state index contributed by atoms with van der Waals surface area (Å²) in [6.45, 7) is 3.94. The summed E-state index contributed by atoms with van der Waals surface area (Å²) in [6.07, 6.45) is 3.37. The molecule has 2 rings (SSSR count). The Balaban J connectivity index is 1.96. The molecule has 0 aromatic carbocycles. The minimum atomic E-state index is -1.10. The van der Waals surface area contributed by atoms with Gasteiger partial charge in [-0.25, -0.2) is 9.59 Å². The Kier molecular flexibility index (Phi) is 4.01. The van der Waals surface area contributed by atoms with E-state index < -0.39 is 11.5 Å². The molecule has 2 amide bonds. The fraction of sp³-hybridized carbons (Fsp3) is 0.571. The van der Waals surface area contributed by atoms with Crippen LogP contribution in [0.4, 0.5) is 4.79 Å². The molecular weight excluding hydrogens is 260 g/mol. The van der Waals surface area contributed by atoms with Crippen LogP contribution in [0.2, 0.25) is 0 Å². The van der Waals surface area contributed by atoms with Crippen molar-refractivity contribution in [2.24, 2.45) is 0 Å². The van der Waals surface area contributed by atoms with Gasteiger partial charge in [0.1, 0.15) is 11.3 Å². The summed E-state index contributed by atoms with van der Waals surface area (Å²) in [4.78, 5) is 25.0. The first-order valence-corrected chi connectivity index (χ1v) is 6.77. The number of nitrogens with zero attached hydrogens (tertiary/aromatic N) is 1. The van der Waals surface area contributed by atoms with Gasteiger partial charge in [-0.2, -0.15) is 0 Å². The van der Waals surface area contributed by atoms with Crippen LogP contribution < -0.4 is 5.32 Å². The predicted octanol–water partition coefficient (Wildman–Crippen LogP) is 1.86. The fourth-order valence-corrected chi connectivity index (χ4v) is 2.58. The highest BCUT2D eigenvalue weighted by Crippen LogP contribution is 2.29. The number of urea groups is 1. The first-order chi connectivity index (χ1) is 9.43. The van der Waals surface area contributed by atoms with Gasteiger partial charge < -0.3 is 19.7 Å². The quantitative estimate of drug-likeness (QED) is 0.882. The molecule has 2 unspecified atom stereocenters. The molecule has 0 spiro atoms. The van der Waals surface area contributed by atoms with E-state index in [1.54, 1.807) is 19.3 Å². The van der Waals surface area contributed by atoms with Crippen molar-refractivity contribution in [2.45, 2.75) is 44.7 Å². The van der Waals surface area contributed by atoms with Crippen molar-refractivity contribution in [3.63, 3.8) is 0 Å². The van der Waals surface area contributed by atoms with Gasteiger partial charge in [-0.15, -0.1) is 0 Å². The maximum Gasteiger partial charge on any atom is 0.329 e. The first-order valence-electron chi connectivity index (χ1n) is 6.77. The molecule has 1 fully saturated rings. The van der Waals surface area contributed by atoms with Crippen molar-refractivity contribution in [3.8, 4) is 0 Å². The minimum absolute atomic E-state index is 0.118. The number of carbonyl (C=O) groups excluding carboxylic acids is 1. The molecule has 0 radical (unpaired) electrons. The van der Waals surface area contributed by atoms with Gasteiger partial charge in [0.2, 0.25) is 0 Å². The third kappa shape index (κ3) is 2.79. The number of furan rings is 1. The molecule has 6 nitrogen and oxygen atoms in total. The number of hydrogen-bond acceptors (Lipinski definition) is 3. The maximum atomic E-state index is 12.2. The lowest BCUT2D eigenvalue weighted by Gasteiger charge is -2.32. The minimum Gasteiger partial charge on any atom is -0.480 e. The standard InChI is InChI=1S/C14H20N2O4/c1-10(9-11-5-3-8-20-11)15-13(19)16-7-4-6-14(16,2)12(17)18/h3,5,8,10H,4,6-7,9H2,1-2H3,(H,15,19)(H,17,18). The molecule has 1 aliphatic heterocycles. The van der Waals surface area contributed by atoms with Gasteiger partial charge in [-0.3, -0.25) is 0 Å². The number of nitrogens with one attached hydrogen (secondary N) is 1. The molecule has 0 aliphatic carbocycles. The Morgan fingerprint density at radius 1 is 1.60 bits per heavy atom. The van der Waals surface area contributed by atoms with Crippen LogP contribution >= 0.6 is 0 Å². The van der Waals surface area contributed by atoms with Gasteiger partial charge in [-0.1, -0.05) is 0 Å². The Morgan fingerprint density at radius 3 is 2.95 bits per heavy atom. The second-order valence-corrected chi connectivity index (χ2v) is 5.47. The van der Waals surface area contributed by atoms with E-state index in [4.69, 9.17) is 4.42 Å². The van der Waals surface area contributed by atoms with Gasteiger partial charge >= 0.3 is 12.0 Å². The first kappa shape index (κ1) is 14.4. The number of carboxylic acid groups (broad SMARTS) is 1. The van der Waals surface area contributed by atoms with E-state index in [-0.39, 0.29) is 12.1 Å². The highest BCUT2D eigenvalue weighted by atomic mass is 16.4. The lowest BCUT2D eigenvalue weighted by molar-refractivity contribution is -0.147. The van der Waals surface area contributed by atoms with Gasteiger partial charge in [0.25, 0.3) is 0 Å². The summed E-state index contributed by atoms with van der Waals surface area (Å²) in [5.41, 5.74) is -1.10. The molecule has 1 saturated heterocycles. The van der Waals surface area contributed by atoms with Crippen LogP contribution in [0.3, 0.4) is 0 Å². The maximum absolute atomic E-state index is 12.2. The molecule has 1 aromatic heterocycles. The second kappa shape index (κ2) is 5.56. The molecule has 0 bridgehead atoms. The van der Waals surface area contributed by atoms with E-state index in [2.05, 4.69) is 5.32 Å². The summed E-state index contributed by atoms with van der Waals surface area (Å²) in [6, 6.07) is 3.20. The summed E-state index contributed by atoms with van der Waals surface area (Å²) in [5, 5.41) is 12.1. The van der Waals surface area contributed by atoms with Crippen LogP contribution in [0.5, 0.6) is 0 Å². The number of likely N-dealkylation sites (tertiary alicyclic amines) is 1. The van der Waals surface area contributed by atoms with Crippen molar-refractivity contribution in [1.29, 1.82) is 0 Å². The zero-order valence-electron chi connectivity index (χ0n) is 11.8. The lowest BCUT2D eigenvalue weighted by Crippen LogP contribution is -2.55. The Labute approximate surface area is 117 Å². The smallest absolute Gasteiger partial charge is 0.329 e. The normalized spacial score (nSPS) is 23.6. The topological polar surface area (TPSA) is 82.8 Å². The Bertz CT molecular complexity index is 485. The second-order valence-electron chi connectivity index (χ2n) is 5.47. The van der Waals surface area contributed by atoms with E-state index in [9.17, 15) is 14.7 Å². The molecule has 2 atom stereocenters. The molecular formula is C14H20N2O4. The van der Waals surface area contributed by atoms with Crippen LogP contribution in [0.1, 0.15) is 32.4 Å². The largest absolute Gasteiger partial charge is 0.480 e. The van der Waals surface area contributed by atoms with Crippen molar-refractivity contribution in [3.05, 3.63) is 24.2 Å².